The molecule has 0 radical (unpaired) electrons. The second-order valence-corrected chi connectivity index (χ2v) is 5.20. The average molecular weight is 295 g/mol. The van der Waals surface area contributed by atoms with Crippen LogP contribution in [0.4, 0.5) is 5.69 Å². The van der Waals surface area contributed by atoms with E-state index >= 15 is 0 Å². The van der Waals surface area contributed by atoms with Crippen LogP contribution in [0.25, 0.3) is 0 Å². The van der Waals surface area contributed by atoms with Gasteiger partial charge in [-0.15, -0.1) is 0 Å². The Balaban J connectivity index is 2.29. The van der Waals surface area contributed by atoms with E-state index in [4.69, 9.17) is 9.84 Å². The Morgan fingerprint density at radius 2 is 2.05 bits per heavy atom. The lowest BCUT2D eigenvalue weighted by molar-refractivity contribution is -0.385. The van der Waals surface area contributed by atoms with Crippen LogP contribution in [0.3, 0.4) is 0 Å². The number of benzene rings is 1. The van der Waals surface area contributed by atoms with E-state index < -0.39 is 11.0 Å². The van der Waals surface area contributed by atoms with E-state index in [2.05, 4.69) is 0 Å². The fourth-order valence-corrected chi connectivity index (χ4v) is 2.49. The van der Waals surface area contributed by atoms with Crippen molar-refractivity contribution in [2.75, 3.05) is 0 Å². The van der Waals surface area contributed by atoms with Crippen LogP contribution in [0.2, 0.25) is 0 Å². The summed E-state index contributed by atoms with van der Waals surface area (Å²) in [4.78, 5) is 10.9. The van der Waals surface area contributed by atoms with Crippen LogP contribution in [0.15, 0.2) is 30.3 Å². The lowest BCUT2D eigenvalue weighted by atomic mass is 10.2. The molecule has 6 nitrogen and oxygen atoms in total. The highest BCUT2D eigenvalue weighted by Crippen LogP contribution is 2.41. The highest BCUT2D eigenvalue weighted by Gasteiger charge is 2.23. The van der Waals surface area contributed by atoms with E-state index in [1.54, 1.807) is 24.3 Å². The third kappa shape index (κ3) is 3.13. The molecule has 1 aromatic heterocycles. The summed E-state index contributed by atoms with van der Waals surface area (Å²) in [7, 11) is 0. The number of aliphatic hydroxyl groups excluding tert-OH is 2. The van der Waals surface area contributed by atoms with E-state index in [-0.39, 0.29) is 17.4 Å². The Bertz CT molecular complexity index is 606. The summed E-state index contributed by atoms with van der Waals surface area (Å²) in [6.45, 7) is 1.46. The van der Waals surface area contributed by atoms with E-state index in [9.17, 15) is 15.2 Å². The van der Waals surface area contributed by atoms with Gasteiger partial charge in [0.2, 0.25) is 0 Å². The fourth-order valence-electron chi connectivity index (χ4n) is 1.56. The van der Waals surface area contributed by atoms with Gasteiger partial charge in [-0.2, -0.15) is 0 Å². The zero-order valence-electron chi connectivity index (χ0n) is 10.6. The maximum atomic E-state index is 11.0. The second kappa shape index (κ2) is 6.00. The molecule has 0 saturated carbocycles. The zero-order chi connectivity index (χ0) is 14.7. The van der Waals surface area contributed by atoms with Crippen molar-refractivity contribution in [2.45, 2.75) is 19.6 Å². The number of aliphatic hydroxyl groups is 2. The first-order valence-corrected chi connectivity index (χ1v) is 6.66. The molecule has 0 aliphatic rings. The van der Waals surface area contributed by atoms with Crippen LogP contribution in [0.5, 0.6) is 10.8 Å². The standard InChI is InChI=1S/C13H13NO5S/c1-8(16)12-6-11(14(17)18)13(20-12)19-10-4-2-9(7-15)3-5-10/h2-6,8,15-16H,7H2,1H3. The summed E-state index contributed by atoms with van der Waals surface area (Å²) >= 11 is 1.04. The van der Waals surface area contributed by atoms with Gasteiger partial charge >= 0.3 is 5.69 Å². The lowest BCUT2D eigenvalue weighted by Gasteiger charge is -2.03. The summed E-state index contributed by atoms with van der Waals surface area (Å²) in [5, 5.41) is 29.5. The van der Waals surface area contributed by atoms with Crippen molar-refractivity contribution in [3.8, 4) is 10.8 Å². The molecule has 1 heterocycles. The first-order chi connectivity index (χ1) is 9.51. The molecular weight excluding hydrogens is 282 g/mol. The lowest BCUT2D eigenvalue weighted by Crippen LogP contribution is -1.90. The predicted octanol–water partition coefficient (Wildman–Crippen LogP) is 2.99. The monoisotopic (exact) mass is 295 g/mol. The minimum absolute atomic E-state index is 0.0778. The van der Waals surface area contributed by atoms with Gasteiger partial charge in [0.15, 0.2) is 0 Å². The maximum Gasteiger partial charge on any atom is 0.323 e. The SMILES string of the molecule is CC(O)c1cc([N+](=O)[O-])c(Oc2ccc(CO)cc2)s1. The molecule has 0 saturated heterocycles. The molecule has 0 amide bonds. The number of thiophene rings is 1. The molecule has 20 heavy (non-hydrogen) atoms. The number of hydrogen-bond acceptors (Lipinski definition) is 6. The van der Waals surface area contributed by atoms with E-state index in [0.717, 1.165) is 16.9 Å². The molecule has 2 aromatic rings. The molecule has 106 valence electrons. The van der Waals surface area contributed by atoms with Crippen molar-refractivity contribution in [3.05, 3.63) is 50.9 Å². The normalized spacial score (nSPS) is 12.2. The minimum Gasteiger partial charge on any atom is -0.440 e. The smallest absolute Gasteiger partial charge is 0.323 e. The van der Waals surface area contributed by atoms with Gasteiger partial charge in [0.05, 0.1) is 17.6 Å². The van der Waals surface area contributed by atoms with Crippen molar-refractivity contribution in [2.24, 2.45) is 0 Å². The summed E-state index contributed by atoms with van der Waals surface area (Å²) in [5.41, 5.74) is 0.555. The Kier molecular flexibility index (Phi) is 4.33. The predicted molar refractivity (Wildman–Crippen MR) is 74.0 cm³/mol. The second-order valence-electron chi connectivity index (χ2n) is 4.16. The van der Waals surface area contributed by atoms with Crippen LogP contribution in [-0.4, -0.2) is 15.1 Å². The zero-order valence-corrected chi connectivity index (χ0v) is 11.5. The number of rotatable bonds is 5. The molecule has 0 spiro atoms. The van der Waals surface area contributed by atoms with Gasteiger partial charge in [0.1, 0.15) is 5.75 Å². The van der Waals surface area contributed by atoms with Crippen LogP contribution in [0, 0.1) is 10.1 Å². The summed E-state index contributed by atoms with van der Waals surface area (Å²) < 4.78 is 5.49. The maximum absolute atomic E-state index is 11.0. The van der Waals surface area contributed by atoms with Gasteiger partial charge in [0, 0.05) is 10.9 Å². The number of nitrogens with zero attached hydrogens (tertiary/aromatic N) is 1. The van der Waals surface area contributed by atoms with E-state index in [1.165, 1.54) is 13.0 Å². The Morgan fingerprint density at radius 1 is 1.40 bits per heavy atom. The van der Waals surface area contributed by atoms with E-state index in [0.29, 0.717) is 10.6 Å². The first-order valence-electron chi connectivity index (χ1n) is 5.85. The topological polar surface area (TPSA) is 92.8 Å². The summed E-state index contributed by atoms with van der Waals surface area (Å²) in [6.07, 6.45) is -0.784. The fraction of sp³-hybridized carbons (Fsp3) is 0.231. The molecule has 0 aliphatic carbocycles. The van der Waals surface area contributed by atoms with Gasteiger partial charge in [-0.25, -0.2) is 0 Å². The molecule has 0 aliphatic heterocycles. The number of nitro groups is 1. The molecule has 1 unspecified atom stereocenters. The molecule has 0 fully saturated rings. The largest absolute Gasteiger partial charge is 0.440 e. The molecule has 2 rings (SSSR count). The molecule has 2 N–H and O–H groups in total. The van der Waals surface area contributed by atoms with Crippen LogP contribution >= 0.6 is 11.3 Å². The molecule has 1 atom stereocenters. The van der Waals surface area contributed by atoms with Crippen molar-refractivity contribution in [1.29, 1.82) is 0 Å². The molecule has 1 aromatic carbocycles. The highest BCUT2D eigenvalue weighted by molar-refractivity contribution is 7.14. The molecule has 0 bridgehead atoms. The number of hydrogen-bond donors (Lipinski definition) is 2. The Hall–Kier alpha value is -1.96. The van der Waals surface area contributed by atoms with Crippen molar-refractivity contribution >= 4 is 17.0 Å². The average Bonchev–Trinajstić information content (AvgIpc) is 2.84. The first kappa shape index (κ1) is 14.4. The van der Waals surface area contributed by atoms with Gasteiger partial charge < -0.3 is 14.9 Å². The van der Waals surface area contributed by atoms with Crippen LogP contribution in [0.1, 0.15) is 23.5 Å². The van der Waals surface area contributed by atoms with Gasteiger partial charge in [-0.05, 0) is 24.6 Å². The Labute approximate surface area is 119 Å². The molecular formula is C13H13NO5S. The third-order valence-corrected chi connectivity index (χ3v) is 3.80. The van der Waals surface area contributed by atoms with Crippen molar-refractivity contribution in [1.82, 2.24) is 0 Å². The quantitative estimate of drug-likeness (QED) is 0.653. The third-order valence-electron chi connectivity index (χ3n) is 2.62. The van der Waals surface area contributed by atoms with Crippen LogP contribution in [-0.2, 0) is 6.61 Å². The minimum atomic E-state index is -0.784. The van der Waals surface area contributed by atoms with E-state index in [1.807, 2.05) is 0 Å². The van der Waals surface area contributed by atoms with Crippen LogP contribution < -0.4 is 4.74 Å². The summed E-state index contributed by atoms with van der Waals surface area (Å²) in [5.74, 6) is 0.435. The molecule has 7 heteroatoms. The van der Waals surface area contributed by atoms with Gasteiger partial charge in [-0.3, -0.25) is 10.1 Å². The summed E-state index contributed by atoms with van der Waals surface area (Å²) in [6, 6.07) is 7.90. The van der Waals surface area contributed by atoms with Gasteiger partial charge in [-0.1, -0.05) is 23.5 Å². The van der Waals surface area contributed by atoms with Gasteiger partial charge in [0.25, 0.3) is 5.06 Å². The van der Waals surface area contributed by atoms with Crippen molar-refractivity contribution in [3.63, 3.8) is 0 Å². The number of ether oxygens (including phenoxy) is 1. The highest BCUT2D eigenvalue weighted by atomic mass is 32.1. The van der Waals surface area contributed by atoms with Crippen molar-refractivity contribution < 1.29 is 19.9 Å². The Morgan fingerprint density at radius 3 is 2.55 bits per heavy atom.